The first-order valence-corrected chi connectivity index (χ1v) is 10.4. The highest BCUT2D eigenvalue weighted by Gasteiger charge is 2.47. The van der Waals surface area contributed by atoms with Crippen LogP contribution in [-0.2, 0) is 14.3 Å². The fourth-order valence-corrected chi connectivity index (χ4v) is 4.13. The molecule has 0 aliphatic carbocycles. The molecule has 2 aromatic rings. The number of Topliss-reactive ketones (excluding diaryl/α,β-unsaturated/α-hetero) is 1. The third-order valence-corrected chi connectivity index (χ3v) is 5.81. The molecule has 4 rings (SSSR count). The topological polar surface area (TPSA) is 84.4 Å². The number of aliphatic hydroxyl groups excluding tert-OH is 1. The predicted molar refractivity (Wildman–Crippen MR) is 110 cm³/mol. The van der Waals surface area contributed by atoms with E-state index in [0.717, 1.165) is 44.8 Å². The Balaban J connectivity index is 1.61. The van der Waals surface area contributed by atoms with Gasteiger partial charge in [0.1, 0.15) is 30.7 Å². The van der Waals surface area contributed by atoms with Crippen molar-refractivity contribution in [1.29, 1.82) is 0 Å². The van der Waals surface area contributed by atoms with Gasteiger partial charge in [-0.25, -0.2) is 0 Å². The summed E-state index contributed by atoms with van der Waals surface area (Å²) in [6, 6.07) is 9.95. The van der Waals surface area contributed by atoms with Crippen LogP contribution in [-0.4, -0.2) is 61.1 Å². The van der Waals surface area contributed by atoms with Gasteiger partial charge in [0.05, 0.1) is 31.6 Å². The zero-order valence-electron chi connectivity index (χ0n) is 17.1. The molecule has 1 unspecified atom stereocenters. The summed E-state index contributed by atoms with van der Waals surface area (Å²) in [5, 5.41) is 10.9. The van der Waals surface area contributed by atoms with E-state index in [0.29, 0.717) is 17.9 Å². The second-order valence-electron chi connectivity index (χ2n) is 7.84. The van der Waals surface area contributed by atoms with Gasteiger partial charge >= 0.3 is 0 Å². The molecule has 3 heterocycles. The lowest BCUT2D eigenvalue weighted by molar-refractivity contribution is -0.908. The first kappa shape index (κ1) is 20.4. The number of morpholine rings is 1. The van der Waals surface area contributed by atoms with Crippen LogP contribution < -0.4 is 4.90 Å². The zero-order valence-corrected chi connectivity index (χ0v) is 17.1. The van der Waals surface area contributed by atoms with Crippen molar-refractivity contribution in [3.05, 3.63) is 65.1 Å². The summed E-state index contributed by atoms with van der Waals surface area (Å²) in [5.41, 5.74) is 1.63. The van der Waals surface area contributed by atoms with E-state index in [1.807, 2.05) is 19.1 Å². The minimum atomic E-state index is -0.721. The van der Waals surface area contributed by atoms with Crippen LogP contribution in [0.4, 0.5) is 0 Å². The van der Waals surface area contributed by atoms with Gasteiger partial charge in [0.2, 0.25) is 0 Å². The van der Waals surface area contributed by atoms with Crippen LogP contribution in [0, 0.1) is 6.92 Å². The van der Waals surface area contributed by atoms with Crippen molar-refractivity contribution in [3.8, 4) is 0 Å². The van der Waals surface area contributed by atoms with E-state index < -0.39 is 17.7 Å². The molecule has 1 aromatic carbocycles. The predicted octanol–water partition coefficient (Wildman–Crippen LogP) is 1.31. The molecule has 2 saturated heterocycles. The highest BCUT2D eigenvalue weighted by molar-refractivity contribution is 6.46. The maximum absolute atomic E-state index is 12.9. The standard InChI is InChI=1S/C23H26N2O5/c1-16-5-7-17(8-6-16)21(26)19-20(18-4-2-13-30-18)25(23(28)22(19)27)10-3-9-24-11-14-29-15-12-24/h2,4-8,13,20,26H,3,9-12,14-15H2,1H3/p+1. The molecule has 2 fully saturated rings. The van der Waals surface area contributed by atoms with Crippen LogP contribution in [0.3, 0.4) is 0 Å². The number of ketones is 1. The Hall–Kier alpha value is -2.90. The summed E-state index contributed by atoms with van der Waals surface area (Å²) < 4.78 is 11.0. The van der Waals surface area contributed by atoms with Gasteiger partial charge in [0.15, 0.2) is 0 Å². The van der Waals surface area contributed by atoms with Crippen molar-refractivity contribution in [1.82, 2.24) is 4.90 Å². The Labute approximate surface area is 175 Å². The molecule has 1 atom stereocenters. The number of rotatable bonds is 6. The van der Waals surface area contributed by atoms with Crippen molar-refractivity contribution in [3.63, 3.8) is 0 Å². The van der Waals surface area contributed by atoms with Gasteiger partial charge in [-0.1, -0.05) is 29.8 Å². The average molecular weight is 411 g/mol. The number of nitrogens with one attached hydrogen (secondary N) is 1. The van der Waals surface area contributed by atoms with Crippen LogP contribution in [0.25, 0.3) is 5.76 Å². The van der Waals surface area contributed by atoms with Gasteiger partial charge in [0.25, 0.3) is 11.7 Å². The summed E-state index contributed by atoms with van der Waals surface area (Å²) in [4.78, 5) is 28.7. The number of benzene rings is 1. The Morgan fingerprint density at radius 1 is 1.17 bits per heavy atom. The molecule has 7 nitrogen and oxygen atoms in total. The van der Waals surface area contributed by atoms with Gasteiger partial charge in [-0.2, -0.15) is 0 Å². The van der Waals surface area contributed by atoms with Crippen molar-refractivity contribution < 1.29 is 28.7 Å². The van der Waals surface area contributed by atoms with Crippen molar-refractivity contribution in [2.75, 3.05) is 39.4 Å². The quantitative estimate of drug-likeness (QED) is 0.426. The van der Waals surface area contributed by atoms with E-state index in [1.54, 1.807) is 24.3 Å². The first-order valence-electron chi connectivity index (χ1n) is 10.4. The number of ether oxygens (including phenoxy) is 1. The number of likely N-dealkylation sites (tertiary alicyclic amines) is 1. The number of hydrogen-bond donors (Lipinski definition) is 2. The Morgan fingerprint density at radius 2 is 1.90 bits per heavy atom. The highest BCUT2D eigenvalue weighted by Crippen LogP contribution is 2.39. The molecule has 7 heteroatoms. The molecule has 0 spiro atoms. The SMILES string of the molecule is Cc1ccc(C(O)=C2C(=O)C(=O)N(CCC[NH+]3CCOCC3)C2c2ccco2)cc1. The molecule has 0 radical (unpaired) electrons. The molecule has 0 bridgehead atoms. The number of quaternary nitrogens is 1. The summed E-state index contributed by atoms with van der Waals surface area (Å²) in [6.45, 7) is 6.68. The van der Waals surface area contributed by atoms with Gasteiger partial charge in [-0.3, -0.25) is 9.59 Å². The number of amides is 1. The maximum atomic E-state index is 12.9. The summed E-state index contributed by atoms with van der Waals surface area (Å²) in [7, 11) is 0. The second kappa shape index (κ2) is 8.85. The Bertz CT molecular complexity index is 927. The summed E-state index contributed by atoms with van der Waals surface area (Å²) >= 11 is 0. The van der Waals surface area contributed by atoms with E-state index in [1.165, 1.54) is 16.1 Å². The van der Waals surface area contributed by atoms with Gasteiger partial charge in [0, 0.05) is 18.5 Å². The molecule has 0 saturated carbocycles. The number of aryl methyl sites for hydroxylation is 1. The monoisotopic (exact) mass is 411 g/mol. The first-order chi connectivity index (χ1) is 14.6. The third-order valence-electron chi connectivity index (χ3n) is 5.81. The molecule has 1 aromatic heterocycles. The number of carbonyl (C=O) groups is 2. The molecule has 2 N–H and O–H groups in total. The number of aliphatic hydroxyl groups is 1. The molecular weight excluding hydrogens is 384 g/mol. The molecule has 158 valence electrons. The smallest absolute Gasteiger partial charge is 0.295 e. The molecule has 2 aliphatic rings. The highest BCUT2D eigenvalue weighted by atomic mass is 16.5. The Morgan fingerprint density at radius 3 is 2.57 bits per heavy atom. The maximum Gasteiger partial charge on any atom is 0.295 e. The van der Waals surface area contributed by atoms with Gasteiger partial charge < -0.3 is 24.1 Å². The fourth-order valence-electron chi connectivity index (χ4n) is 4.13. The van der Waals surface area contributed by atoms with Crippen molar-refractivity contribution in [2.24, 2.45) is 0 Å². The molecular formula is C23H27N2O5+. The van der Waals surface area contributed by atoms with E-state index in [-0.39, 0.29) is 11.3 Å². The van der Waals surface area contributed by atoms with Gasteiger partial charge in [-0.05, 0) is 19.1 Å². The minimum Gasteiger partial charge on any atom is -0.507 e. The fraction of sp³-hybridized carbons (Fsp3) is 0.391. The molecule has 1 amide bonds. The van der Waals surface area contributed by atoms with Crippen LogP contribution >= 0.6 is 0 Å². The van der Waals surface area contributed by atoms with Crippen molar-refractivity contribution in [2.45, 2.75) is 19.4 Å². The Kier molecular flexibility index (Phi) is 6.01. The zero-order chi connectivity index (χ0) is 21.1. The number of carbonyl (C=O) groups excluding carboxylic acids is 2. The summed E-state index contributed by atoms with van der Waals surface area (Å²) in [6.07, 6.45) is 2.27. The van der Waals surface area contributed by atoms with Crippen LogP contribution in [0.2, 0.25) is 0 Å². The molecule has 30 heavy (non-hydrogen) atoms. The second-order valence-corrected chi connectivity index (χ2v) is 7.84. The molecule has 2 aliphatic heterocycles. The number of hydrogen-bond acceptors (Lipinski definition) is 5. The minimum absolute atomic E-state index is 0.0810. The van der Waals surface area contributed by atoms with E-state index in [4.69, 9.17) is 9.15 Å². The lowest BCUT2D eigenvalue weighted by Crippen LogP contribution is -3.14. The van der Waals surface area contributed by atoms with Crippen LogP contribution in [0.15, 0.2) is 52.7 Å². The lowest BCUT2D eigenvalue weighted by atomic mass is 9.99. The third kappa shape index (κ3) is 4.04. The number of nitrogens with zero attached hydrogens (tertiary/aromatic N) is 1. The number of furan rings is 1. The largest absolute Gasteiger partial charge is 0.507 e. The lowest BCUT2D eigenvalue weighted by Gasteiger charge is -2.26. The van der Waals surface area contributed by atoms with Gasteiger partial charge in [-0.15, -0.1) is 0 Å². The summed E-state index contributed by atoms with van der Waals surface area (Å²) in [5.74, 6) is -0.965. The van der Waals surface area contributed by atoms with Crippen LogP contribution in [0.1, 0.15) is 29.3 Å². The van der Waals surface area contributed by atoms with Crippen molar-refractivity contribution >= 4 is 17.4 Å². The van der Waals surface area contributed by atoms with E-state index in [2.05, 4.69) is 0 Å². The van der Waals surface area contributed by atoms with Crippen LogP contribution in [0.5, 0.6) is 0 Å². The van der Waals surface area contributed by atoms with E-state index >= 15 is 0 Å². The van der Waals surface area contributed by atoms with E-state index in [9.17, 15) is 14.7 Å². The normalized spacial score (nSPS) is 22.0. The average Bonchev–Trinajstić information content (AvgIpc) is 3.37.